The first-order chi connectivity index (χ1) is 19.9. The standard InChI is InChI=1S/C27H31ClFN7O5/c1-36(6-8-37)7-9-41-22-15-18(40-11-10-39-2)14-21-25(22)27(31-16-30-21)33-23-12-17(34-35-23)13-24(38)32-20-5-3-4-19(28)26(20)29/h3-5,12,14-16,37H,6-11,13H2,1-2H3,(H,32,38)(H2,30,31,33,34,35). The molecule has 14 heteroatoms. The van der Waals surface area contributed by atoms with Gasteiger partial charge in [0.25, 0.3) is 0 Å². The number of fused-ring (bicyclic) bond motifs is 1. The summed E-state index contributed by atoms with van der Waals surface area (Å²) in [6.45, 7) is 2.27. The van der Waals surface area contributed by atoms with Gasteiger partial charge >= 0.3 is 0 Å². The molecule has 2 aromatic carbocycles. The number of halogens is 2. The third-order valence-corrected chi connectivity index (χ3v) is 6.19. The number of anilines is 3. The molecule has 41 heavy (non-hydrogen) atoms. The number of carbonyl (C=O) groups is 1. The Morgan fingerprint density at radius 3 is 2.80 bits per heavy atom. The predicted molar refractivity (Wildman–Crippen MR) is 153 cm³/mol. The lowest BCUT2D eigenvalue weighted by Crippen LogP contribution is -2.27. The molecule has 218 valence electrons. The van der Waals surface area contributed by atoms with Crippen molar-refractivity contribution in [3.63, 3.8) is 0 Å². The molecule has 0 unspecified atom stereocenters. The Balaban J connectivity index is 1.52. The number of benzene rings is 2. The molecule has 0 aliphatic rings. The molecule has 0 saturated heterocycles. The average Bonchev–Trinajstić information content (AvgIpc) is 3.38. The van der Waals surface area contributed by atoms with Gasteiger partial charge in [0.15, 0.2) is 11.6 Å². The normalized spacial score (nSPS) is 11.2. The lowest BCUT2D eigenvalue weighted by Gasteiger charge is -2.17. The molecule has 4 rings (SSSR count). The van der Waals surface area contributed by atoms with Gasteiger partial charge in [0.1, 0.15) is 36.9 Å². The summed E-state index contributed by atoms with van der Waals surface area (Å²) in [5.74, 6) is 0.736. The molecule has 0 radical (unpaired) electrons. The summed E-state index contributed by atoms with van der Waals surface area (Å²) in [7, 11) is 3.48. The molecule has 0 spiro atoms. The molecule has 4 N–H and O–H groups in total. The maximum absolute atomic E-state index is 14.1. The summed E-state index contributed by atoms with van der Waals surface area (Å²) in [6, 6.07) is 9.56. The fourth-order valence-electron chi connectivity index (χ4n) is 3.86. The number of likely N-dealkylation sites (N-methyl/N-ethyl adjacent to an activating group) is 1. The summed E-state index contributed by atoms with van der Waals surface area (Å²) < 4.78 is 31.1. The van der Waals surface area contributed by atoms with E-state index >= 15 is 0 Å². The van der Waals surface area contributed by atoms with Crippen LogP contribution in [0.5, 0.6) is 11.5 Å². The van der Waals surface area contributed by atoms with Crippen molar-refractivity contribution in [2.45, 2.75) is 6.42 Å². The van der Waals surface area contributed by atoms with Gasteiger partial charge in [0.2, 0.25) is 5.91 Å². The first kappa shape index (κ1) is 29.9. The van der Waals surface area contributed by atoms with Crippen LogP contribution < -0.4 is 20.1 Å². The SMILES string of the molecule is COCCOc1cc(OCCN(C)CCO)c2c(Nc3cc(CC(=O)Nc4cccc(Cl)c4F)[nH]n3)ncnc2c1. The van der Waals surface area contributed by atoms with Gasteiger partial charge in [-0.1, -0.05) is 17.7 Å². The third-order valence-electron chi connectivity index (χ3n) is 5.90. The van der Waals surface area contributed by atoms with E-state index in [-0.39, 0.29) is 23.7 Å². The number of aromatic nitrogens is 4. The van der Waals surface area contributed by atoms with Gasteiger partial charge in [-0.2, -0.15) is 5.10 Å². The van der Waals surface area contributed by atoms with Crippen LogP contribution >= 0.6 is 11.6 Å². The van der Waals surface area contributed by atoms with Gasteiger partial charge < -0.3 is 34.9 Å². The number of amides is 1. The van der Waals surface area contributed by atoms with Gasteiger partial charge in [0, 0.05) is 44.1 Å². The molecule has 4 aromatic rings. The smallest absolute Gasteiger partial charge is 0.230 e. The van der Waals surface area contributed by atoms with Crippen LogP contribution in [0.25, 0.3) is 10.9 Å². The van der Waals surface area contributed by atoms with Gasteiger partial charge in [-0.15, -0.1) is 0 Å². The van der Waals surface area contributed by atoms with Crippen LogP contribution in [0.3, 0.4) is 0 Å². The van der Waals surface area contributed by atoms with E-state index in [1.165, 1.54) is 18.5 Å². The van der Waals surface area contributed by atoms with E-state index in [1.54, 1.807) is 31.4 Å². The Kier molecular flexibility index (Phi) is 10.6. The average molecular weight is 588 g/mol. The molecule has 1 amide bonds. The zero-order chi connectivity index (χ0) is 29.2. The molecule has 0 fully saturated rings. The number of carbonyl (C=O) groups excluding carboxylic acids is 1. The van der Waals surface area contributed by atoms with Crippen LogP contribution in [0, 0.1) is 5.82 Å². The molecule has 0 aliphatic carbocycles. The van der Waals surface area contributed by atoms with Crippen molar-refractivity contribution in [1.82, 2.24) is 25.1 Å². The number of hydrogen-bond donors (Lipinski definition) is 4. The van der Waals surface area contributed by atoms with Gasteiger partial charge in [-0.05, 0) is 19.2 Å². The Morgan fingerprint density at radius 2 is 2.00 bits per heavy atom. The van der Waals surface area contributed by atoms with Crippen molar-refractivity contribution in [1.29, 1.82) is 0 Å². The largest absolute Gasteiger partial charge is 0.491 e. The second kappa shape index (κ2) is 14.6. The van der Waals surface area contributed by atoms with Crippen LogP contribution in [-0.4, -0.2) is 89.8 Å². The maximum atomic E-state index is 14.1. The number of methoxy groups -OCH3 is 1. The number of H-pyrrole nitrogens is 1. The van der Waals surface area contributed by atoms with E-state index < -0.39 is 11.7 Å². The van der Waals surface area contributed by atoms with E-state index in [0.29, 0.717) is 72.6 Å². The monoisotopic (exact) mass is 587 g/mol. The van der Waals surface area contributed by atoms with E-state index in [9.17, 15) is 9.18 Å². The minimum Gasteiger partial charge on any atom is -0.491 e. The van der Waals surface area contributed by atoms with Crippen LogP contribution in [0.2, 0.25) is 5.02 Å². The minimum atomic E-state index is -0.699. The Bertz CT molecular complexity index is 1470. The van der Waals surface area contributed by atoms with E-state index in [1.807, 2.05) is 11.9 Å². The topological polar surface area (TPSA) is 147 Å². The summed E-state index contributed by atoms with van der Waals surface area (Å²) >= 11 is 5.79. The zero-order valence-electron chi connectivity index (χ0n) is 22.6. The fraction of sp³-hybridized carbons (Fsp3) is 0.333. The minimum absolute atomic E-state index is 0.00604. The number of aromatic amines is 1. The van der Waals surface area contributed by atoms with Crippen LogP contribution in [-0.2, 0) is 16.0 Å². The Hall–Kier alpha value is -4.04. The molecule has 2 heterocycles. The predicted octanol–water partition coefficient (Wildman–Crippen LogP) is 3.40. The van der Waals surface area contributed by atoms with Gasteiger partial charge in [0.05, 0.1) is 41.2 Å². The first-order valence-corrected chi connectivity index (χ1v) is 13.1. The molecule has 0 aliphatic heterocycles. The van der Waals surface area contributed by atoms with Crippen molar-refractivity contribution < 1.29 is 28.5 Å². The van der Waals surface area contributed by atoms with Crippen LogP contribution in [0.4, 0.5) is 21.7 Å². The first-order valence-electron chi connectivity index (χ1n) is 12.8. The molecule has 0 atom stereocenters. The summed E-state index contributed by atoms with van der Waals surface area (Å²) in [5, 5.41) is 22.4. The molecule has 2 aromatic heterocycles. The Labute approximate surface area is 240 Å². The lowest BCUT2D eigenvalue weighted by molar-refractivity contribution is -0.115. The number of nitrogens with zero attached hydrogens (tertiary/aromatic N) is 4. The highest BCUT2D eigenvalue weighted by atomic mass is 35.5. The molecule has 12 nitrogen and oxygen atoms in total. The molecule has 0 saturated carbocycles. The van der Waals surface area contributed by atoms with E-state index in [0.717, 1.165) is 0 Å². The molecular formula is C27H31ClFN7O5. The quantitative estimate of drug-likeness (QED) is 0.153. The highest BCUT2D eigenvalue weighted by molar-refractivity contribution is 6.31. The Morgan fingerprint density at radius 1 is 1.15 bits per heavy atom. The van der Waals surface area contributed by atoms with Crippen molar-refractivity contribution in [2.24, 2.45) is 0 Å². The van der Waals surface area contributed by atoms with Crippen molar-refractivity contribution in [2.75, 3.05) is 64.3 Å². The highest BCUT2D eigenvalue weighted by Gasteiger charge is 2.16. The summed E-state index contributed by atoms with van der Waals surface area (Å²) in [4.78, 5) is 23.2. The second-order valence-electron chi connectivity index (χ2n) is 8.98. The summed E-state index contributed by atoms with van der Waals surface area (Å²) in [6.07, 6.45) is 1.33. The highest BCUT2D eigenvalue weighted by Crippen LogP contribution is 2.35. The molecule has 0 bridgehead atoms. The fourth-order valence-corrected chi connectivity index (χ4v) is 4.04. The van der Waals surface area contributed by atoms with Crippen molar-refractivity contribution >= 4 is 45.7 Å². The third kappa shape index (κ3) is 8.24. The number of aliphatic hydroxyl groups excluding tert-OH is 1. The number of nitrogens with one attached hydrogen (secondary N) is 3. The van der Waals surface area contributed by atoms with Gasteiger partial charge in [-0.25, -0.2) is 14.4 Å². The number of aliphatic hydroxyl groups is 1. The summed E-state index contributed by atoms with van der Waals surface area (Å²) in [5.41, 5.74) is 1.06. The molecular weight excluding hydrogens is 557 g/mol. The van der Waals surface area contributed by atoms with E-state index in [4.69, 9.17) is 30.9 Å². The van der Waals surface area contributed by atoms with Crippen molar-refractivity contribution in [3.8, 4) is 11.5 Å². The van der Waals surface area contributed by atoms with Crippen LogP contribution in [0.15, 0.2) is 42.7 Å². The second-order valence-corrected chi connectivity index (χ2v) is 9.39. The number of ether oxygens (including phenoxy) is 3. The number of hydrogen-bond acceptors (Lipinski definition) is 10. The van der Waals surface area contributed by atoms with Gasteiger partial charge in [-0.3, -0.25) is 9.89 Å². The van der Waals surface area contributed by atoms with E-state index in [2.05, 4.69) is 30.8 Å². The zero-order valence-corrected chi connectivity index (χ0v) is 23.4. The van der Waals surface area contributed by atoms with Crippen LogP contribution in [0.1, 0.15) is 5.69 Å². The lowest BCUT2D eigenvalue weighted by atomic mass is 10.2. The maximum Gasteiger partial charge on any atom is 0.230 e. The number of rotatable bonds is 15. The van der Waals surface area contributed by atoms with Crippen molar-refractivity contribution in [3.05, 3.63) is 59.3 Å².